The van der Waals surface area contributed by atoms with E-state index in [9.17, 15) is 4.79 Å². The Balaban J connectivity index is 1.79. The first-order valence-corrected chi connectivity index (χ1v) is 7.42. The average Bonchev–Trinajstić information content (AvgIpc) is 2.62. The lowest BCUT2D eigenvalue weighted by Gasteiger charge is -2.35. The number of carbonyl (C=O) groups is 1. The molecule has 104 valence electrons. The van der Waals surface area contributed by atoms with Crippen molar-refractivity contribution in [3.63, 3.8) is 0 Å². The van der Waals surface area contributed by atoms with Gasteiger partial charge in [0, 0.05) is 25.7 Å². The first kappa shape index (κ1) is 13.8. The van der Waals surface area contributed by atoms with E-state index < -0.39 is 0 Å². The highest BCUT2D eigenvalue weighted by molar-refractivity contribution is 5.78. The van der Waals surface area contributed by atoms with Crippen LogP contribution >= 0.6 is 0 Å². The van der Waals surface area contributed by atoms with Crippen LogP contribution in [0, 0.1) is 5.92 Å². The first-order valence-electron chi connectivity index (χ1n) is 7.42. The molecule has 2 aliphatic heterocycles. The number of nitrogens with two attached hydrogens (primary N) is 1. The molecular weight excluding hydrogens is 226 g/mol. The monoisotopic (exact) mass is 253 g/mol. The molecule has 2 atom stereocenters. The third-order valence-corrected chi connectivity index (χ3v) is 4.42. The van der Waals surface area contributed by atoms with E-state index in [2.05, 4.69) is 16.7 Å². The van der Waals surface area contributed by atoms with Crippen molar-refractivity contribution < 1.29 is 4.79 Å². The minimum atomic E-state index is 0.232. The van der Waals surface area contributed by atoms with E-state index in [-0.39, 0.29) is 6.04 Å². The number of likely N-dealkylation sites (tertiary alicyclic amines) is 2. The van der Waals surface area contributed by atoms with E-state index in [1.807, 2.05) is 0 Å². The molecule has 18 heavy (non-hydrogen) atoms. The van der Waals surface area contributed by atoms with Gasteiger partial charge in [-0.15, -0.1) is 0 Å². The van der Waals surface area contributed by atoms with Crippen LogP contribution in [0.1, 0.15) is 39.0 Å². The molecule has 0 saturated carbocycles. The maximum Gasteiger partial charge on any atom is 0.236 e. The van der Waals surface area contributed by atoms with Gasteiger partial charge < -0.3 is 10.6 Å². The molecule has 2 rings (SSSR count). The lowest BCUT2D eigenvalue weighted by atomic mass is 9.94. The van der Waals surface area contributed by atoms with Crippen LogP contribution in [-0.2, 0) is 4.79 Å². The zero-order chi connectivity index (χ0) is 13.0. The summed E-state index contributed by atoms with van der Waals surface area (Å²) in [6, 6.07) is 0.232. The topological polar surface area (TPSA) is 49.6 Å². The summed E-state index contributed by atoms with van der Waals surface area (Å²) in [7, 11) is 0. The number of amides is 1. The minimum Gasteiger partial charge on any atom is -0.342 e. The van der Waals surface area contributed by atoms with Gasteiger partial charge in [-0.1, -0.05) is 19.8 Å². The third-order valence-electron chi connectivity index (χ3n) is 4.42. The van der Waals surface area contributed by atoms with Crippen molar-refractivity contribution in [3.05, 3.63) is 0 Å². The van der Waals surface area contributed by atoms with E-state index in [0.717, 1.165) is 32.6 Å². The summed E-state index contributed by atoms with van der Waals surface area (Å²) in [4.78, 5) is 16.5. The number of rotatable bonds is 2. The molecule has 2 unspecified atom stereocenters. The first-order chi connectivity index (χ1) is 8.66. The van der Waals surface area contributed by atoms with Crippen LogP contribution in [-0.4, -0.2) is 54.5 Å². The van der Waals surface area contributed by atoms with E-state index in [0.29, 0.717) is 18.4 Å². The van der Waals surface area contributed by atoms with E-state index in [1.54, 1.807) is 0 Å². The number of hydrogen-bond acceptors (Lipinski definition) is 3. The second-order valence-corrected chi connectivity index (χ2v) is 5.96. The fraction of sp³-hybridized carbons (Fsp3) is 0.929. The van der Waals surface area contributed by atoms with Crippen molar-refractivity contribution in [2.75, 3.05) is 32.7 Å². The Bertz CT molecular complexity index is 274. The number of piperidine rings is 1. The molecule has 0 aromatic heterocycles. The normalized spacial score (nSPS) is 31.1. The Morgan fingerprint density at radius 3 is 2.44 bits per heavy atom. The Kier molecular flexibility index (Phi) is 5.01. The summed E-state index contributed by atoms with van der Waals surface area (Å²) in [5.41, 5.74) is 6.08. The van der Waals surface area contributed by atoms with Gasteiger partial charge in [0.25, 0.3) is 0 Å². The Morgan fingerprint density at radius 1 is 1.17 bits per heavy atom. The number of hydrogen-bond donors (Lipinski definition) is 1. The van der Waals surface area contributed by atoms with Gasteiger partial charge in [-0.3, -0.25) is 9.69 Å². The second-order valence-electron chi connectivity index (χ2n) is 5.96. The summed E-state index contributed by atoms with van der Waals surface area (Å²) in [6.07, 6.45) is 6.00. The fourth-order valence-corrected chi connectivity index (χ4v) is 2.92. The Morgan fingerprint density at radius 2 is 1.83 bits per heavy atom. The van der Waals surface area contributed by atoms with Gasteiger partial charge in [-0.05, 0) is 31.7 Å². The van der Waals surface area contributed by atoms with Crippen LogP contribution in [0.5, 0.6) is 0 Å². The highest BCUT2D eigenvalue weighted by atomic mass is 16.2. The Labute approximate surface area is 110 Å². The molecule has 4 heteroatoms. The van der Waals surface area contributed by atoms with Gasteiger partial charge in [0.1, 0.15) is 0 Å². The molecule has 0 spiro atoms. The summed E-state index contributed by atoms with van der Waals surface area (Å²) in [5, 5.41) is 0. The fourth-order valence-electron chi connectivity index (χ4n) is 2.92. The van der Waals surface area contributed by atoms with Crippen LogP contribution in [0.15, 0.2) is 0 Å². The standard InChI is InChI=1S/C14H27N3O/c1-12-6-9-16(10-13(12)15)11-14(18)17-7-4-2-3-5-8-17/h12-13H,2-11,15H2,1H3. The van der Waals surface area contributed by atoms with Gasteiger partial charge in [0.05, 0.1) is 6.54 Å². The lowest BCUT2D eigenvalue weighted by molar-refractivity contribution is -0.132. The molecule has 2 aliphatic rings. The quantitative estimate of drug-likeness (QED) is 0.800. The molecule has 0 radical (unpaired) electrons. The van der Waals surface area contributed by atoms with Crippen molar-refractivity contribution in [1.82, 2.24) is 9.80 Å². The van der Waals surface area contributed by atoms with Gasteiger partial charge in [-0.25, -0.2) is 0 Å². The van der Waals surface area contributed by atoms with Crippen molar-refractivity contribution in [3.8, 4) is 0 Å². The third kappa shape index (κ3) is 3.69. The summed E-state index contributed by atoms with van der Waals surface area (Å²) in [6.45, 7) is 6.58. The second kappa shape index (κ2) is 6.53. The van der Waals surface area contributed by atoms with Crippen molar-refractivity contribution in [1.29, 1.82) is 0 Å². The average molecular weight is 253 g/mol. The zero-order valence-corrected chi connectivity index (χ0v) is 11.6. The van der Waals surface area contributed by atoms with Crippen LogP contribution in [0.4, 0.5) is 0 Å². The molecule has 2 heterocycles. The highest BCUT2D eigenvalue weighted by Crippen LogP contribution is 2.16. The van der Waals surface area contributed by atoms with Crippen LogP contribution in [0.3, 0.4) is 0 Å². The van der Waals surface area contributed by atoms with Gasteiger partial charge in [0.15, 0.2) is 0 Å². The molecule has 0 aromatic rings. The minimum absolute atomic E-state index is 0.232. The SMILES string of the molecule is CC1CCN(CC(=O)N2CCCCCC2)CC1N. The smallest absolute Gasteiger partial charge is 0.236 e. The number of carbonyl (C=O) groups excluding carboxylic acids is 1. The lowest BCUT2D eigenvalue weighted by Crippen LogP contribution is -2.51. The molecule has 4 nitrogen and oxygen atoms in total. The largest absolute Gasteiger partial charge is 0.342 e. The van der Waals surface area contributed by atoms with Crippen molar-refractivity contribution >= 4 is 5.91 Å². The maximum absolute atomic E-state index is 12.3. The van der Waals surface area contributed by atoms with Gasteiger partial charge >= 0.3 is 0 Å². The predicted molar refractivity (Wildman–Crippen MR) is 73.2 cm³/mol. The van der Waals surface area contributed by atoms with Crippen LogP contribution in [0.2, 0.25) is 0 Å². The summed E-state index contributed by atoms with van der Waals surface area (Å²) in [5.74, 6) is 0.896. The summed E-state index contributed by atoms with van der Waals surface area (Å²) >= 11 is 0. The summed E-state index contributed by atoms with van der Waals surface area (Å²) < 4.78 is 0. The molecule has 0 bridgehead atoms. The molecular formula is C14H27N3O. The highest BCUT2D eigenvalue weighted by Gasteiger charge is 2.26. The molecule has 2 N–H and O–H groups in total. The Hall–Kier alpha value is -0.610. The van der Waals surface area contributed by atoms with E-state index >= 15 is 0 Å². The zero-order valence-electron chi connectivity index (χ0n) is 11.6. The molecule has 2 saturated heterocycles. The van der Waals surface area contributed by atoms with E-state index in [1.165, 1.54) is 25.7 Å². The predicted octanol–water partition coefficient (Wildman–Crippen LogP) is 1.06. The van der Waals surface area contributed by atoms with Crippen LogP contribution < -0.4 is 5.73 Å². The van der Waals surface area contributed by atoms with Gasteiger partial charge in [0.2, 0.25) is 5.91 Å². The maximum atomic E-state index is 12.3. The molecule has 1 amide bonds. The van der Waals surface area contributed by atoms with Crippen molar-refractivity contribution in [2.45, 2.75) is 45.1 Å². The van der Waals surface area contributed by atoms with Gasteiger partial charge in [-0.2, -0.15) is 0 Å². The van der Waals surface area contributed by atoms with Crippen molar-refractivity contribution in [2.24, 2.45) is 11.7 Å². The van der Waals surface area contributed by atoms with Crippen LogP contribution in [0.25, 0.3) is 0 Å². The molecule has 0 aromatic carbocycles. The number of nitrogens with zero attached hydrogens (tertiary/aromatic N) is 2. The van der Waals surface area contributed by atoms with E-state index in [4.69, 9.17) is 5.73 Å². The molecule has 2 fully saturated rings. The molecule has 0 aliphatic carbocycles.